The van der Waals surface area contributed by atoms with Crippen LogP contribution in [-0.2, 0) is 9.53 Å². The van der Waals surface area contributed by atoms with Gasteiger partial charge in [-0.3, -0.25) is 14.4 Å². The van der Waals surface area contributed by atoms with Crippen LogP contribution in [0, 0.1) is 0 Å². The van der Waals surface area contributed by atoms with E-state index >= 15 is 0 Å². The molecule has 2 heterocycles. The van der Waals surface area contributed by atoms with E-state index in [1.165, 1.54) is 0 Å². The van der Waals surface area contributed by atoms with E-state index in [9.17, 15) is 14.4 Å². The fourth-order valence-corrected chi connectivity index (χ4v) is 4.84. The van der Waals surface area contributed by atoms with Gasteiger partial charge in [0.05, 0.1) is 11.6 Å². The number of benzene rings is 2. The molecule has 3 N–H and O–H groups in total. The molecule has 0 radical (unpaired) electrons. The Balaban J connectivity index is 1.21. The summed E-state index contributed by atoms with van der Waals surface area (Å²) >= 11 is 6.12. The van der Waals surface area contributed by atoms with Crippen molar-refractivity contribution in [1.29, 1.82) is 0 Å². The molecule has 5 rings (SSSR count). The lowest BCUT2D eigenvalue weighted by molar-refractivity contribution is -0.125. The van der Waals surface area contributed by atoms with Crippen LogP contribution >= 0.6 is 11.6 Å². The molecular formula is C25H25ClN4O4. The summed E-state index contributed by atoms with van der Waals surface area (Å²) in [5.41, 5.74) is 2.60. The summed E-state index contributed by atoms with van der Waals surface area (Å²) in [6.45, 7) is 1.07. The summed E-state index contributed by atoms with van der Waals surface area (Å²) in [5.74, 6) is -0.474. The van der Waals surface area contributed by atoms with Crippen molar-refractivity contribution in [3.05, 3.63) is 64.8 Å². The first kappa shape index (κ1) is 22.4. The summed E-state index contributed by atoms with van der Waals surface area (Å²) in [4.78, 5) is 42.5. The maximum atomic E-state index is 12.9. The van der Waals surface area contributed by atoms with E-state index < -0.39 is 0 Å². The molecule has 34 heavy (non-hydrogen) atoms. The number of aromatic amines is 1. The van der Waals surface area contributed by atoms with Gasteiger partial charge in [-0.15, -0.1) is 0 Å². The van der Waals surface area contributed by atoms with Crippen molar-refractivity contribution in [1.82, 2.24) is 15.6 Å². The highest BCUT2D eigenvalue weighted by atomic mass is 35.5. The van der Waals surface area contributed by atoms with Crippen molar-refractivity contribution < 1.29 is 19.1 Å². The number of halogens is 1. The number of aromatic nitrogens is 1. The minimum atomic E-state index is -0.201. The number of anilines is 1. The van der Waals surface area contributed by atoms with E-state index in [-0.39, 0.29) is 36.4 Å². The van der Waals surface area contributed by atoms with E-state index in [2.05, 4.69) is 15.6 Å². The number of ether oxygens (including phenoxy) is 1. The zero-order chi connectivity index (χ0) is 23.7. The summed E-state index contributed by atoms with van der Waals surface area (Å²) in [5, 5.41) is 7.62. The van der Waals surface area contributed by atoms with Gasteiger partial charge in [-0.1, -0.05) is 17.7 Å². The Hall–Kier alpha value is -3.36. The minimum Gasteiger partial charge on any atom is -0.370 e. The highest BCUT2D eigenvalue weighted by Crippen LogP contribution is 2.25. The third kappa shape index (κ3) is 4.51. The molecule has 176 valence electrons. The predicted molar refractivity (Wildman–Crippen MR) is 129 cm³/mol. The highest BCUT2D eigenvalue weighted by molar-refractivity contribution is 6.35. The standard InChI is InChI=1S/C25H25ClN4O4/c26-19-13-27-22-12-16(6-9-18(19)22)25(33)29-21-3-1-2-20(21)28-24(32)15-4-7-17(8-5-15)30-10-11-34-14-23(30)31/h4-9,12-13,20-21,27H,1-3,10-11,14H2,(H,28,32)(H,29,33)/t20-,21+/m0/s1. The van der Waals surface area contributed by atoms with Crippen LogP contribution in [0.25, 0.3) is 10.9 Å². The lowest BCUT2D eigenvalue weighted by Crippen LogP contribution is -2.48. The van der Waals surface area contributed by atoms with Gasteiger partial charge in [0.1, 0.15) is 6.61 Å². The van der Waals surface area contributed by atoms with E-state index in [4.69, 9.17) is 16.3 Å². The molecule has 1 saturated carbocycles. The maximum Gasteiger partial charge on any atom is 0.253 e. The number of fused-ring (bicyclic) bond motifs is 1. The number of hydrogen-bond acceptors (Lipinski definition) is 4. The van der Waals surface area contributed by atoms with Gasteiger partial charge in [0.15, 0.2) is 0 Å². The summed E-state index contributed by atoms with van der Waals surface area (Å²) < 4.78 is 5.16. The molecule has 1 saturated heterocycles. The van der Waals surface area contributed by atoms with Crippen LogP contribution in [-0.4, -0.2) is 54.5 Å². The topological polar surface area (TPSA) is 104 Å². The molecule has 1 aliphatic heterocycles. The first-order valence-corrected chi connectivity index (χ1v) is 11.7. The van der Waals surface area contributed by atoms with Crippen LogP contribution in [0.1, 0.15) is 40.0 Å². The molecular weight excluding hydrogens is 456 g/mol. The summed E-state index contributed by atoms with van der Waals surface area (Å²) in [6.07, 6.45) is 4.20. The first-order chi connectivity index (χ1) is 16.5. The van der Waals surface area contributed by atoms with Crippen LogP contribution in [0.2, 0.25) is 5.02 Å². The van der Waals surface area contributed by atoms with Gasteiger partial charge in [0.2, 0.25) is 0 Å². The van der Waals surface area contributed by atoms with Gasteiger partial charge in [-0.2, -0.15) is 0 Å². The second-order valence-corrected chi connectivity index (χ2v) is 9.04. The third-order valence-electron chi connectivity index (χ3n) is 6.47. The second kappa shape index (κ2) is 9.48. The van der Waals surface area contributed by atoms with E-state index in [1.807, 2.05) is 6.07 Å². The van der Waals surface area contributed by atoms with Gasteiger partial charge < -0.3 is 25.3 Å². The number of morpholine rings is 1. The predicted octanol–water partition coefficient (Wildman–Crippen LogP) is 3.27. The molecule has 1 aromatic heterocycles. The Morgan fingerprint density at radius 1 is 1.00 bits per heavy atom. The van der Waals surface area contributed by atoms with Crippen molar-refractivity contribution in [2.24, 2.45) is 0 Å². The number of carbonyl (C=O) groups excluding carboxylic acids is 3. The monoisotopic (exact) mass is 480 g/mol. The molecule has 1 aliphatic carbocycles. The highest BCUT2D eigenvalue weighted by Gasteiger charge is 2.30. The third-order valence-corrected chi connectivity index (χ3v) is 6.78. The Morgan fingerprint density at radius 3 is 2.38 bits per heavy atom. The molecule has 0 spiro atoms. The molecule has 9 heteroatoms. The molecule has 8 nitrogen and oxygen atoms in total. The Labute approximate surface area is 201 Å². The zero-order valence-electron chi connectivity index (χ0n) is 18.5. The summed E-state index contributed by atoms with van der Waals surface area (Å²) in [7, 11) is 0. The molecule has 0 unspecified atom stereocenters. The van der Waals surface area contributed by atoms with Crippen molar-refractivity contribution in [2.75, 3.05) is 24.7 Å². The van der Waals surface area contributed by atoms with Crippen LogP contribution in [0.15, 0.2) is 48.7 Å². The number of amides is 3. The van der Waals surface area contributed by atoms with E-state index in [1.54, 1.807) is 47.5 Å². The number of H-pyrrole nitrogens is 1. The van der Waals surface area contributed by atoms with Crippen LogP contribution in [0.3, 0.4) is 0 Å². The van der Waals surface area contributed by atoms with E-state index in [0.717, 1.165) is 35.9 Å². The molecule has 0 bridgehead atoms. The van der Waals surface area contributed by atoms with Crippen LogP contribution in [0.4, 0.5) is 5.69 Å². The Kier molecular flexibility index (Phi) is 6.26. The molecule has 3 amide bonds. The largest absolute Gasteiger partial charge is 0.370 e. The Bertz CT molecular complexity index is 1240. The van der Waals surface area contributed by atoms with Crippen LogP contribution < -0.4 is 15.5 Å². The number of hydrogen-bond donors (Lipinski definition) is 3. The molecule has 2 aliphatic rings. The van der Waals surface area contributed by atoms with Crippen molar-refractivity contribution in [2.45, 2.75) is 31.3 Å². The summed E-state index contributed by atoms with van der Waals surface area (Å²) in [6, 6.07) is 12.0. The number of carbonyl (C=O) groups is 3. The number of rotatable bonds is 5. The minimum absolute atomic E-state index is 0.0730. The van der Waals surface area contributed by atoms with Gasteiger partial charge >= 0.3 is 0 Å². The normalized spacial score (nSPS) is 20.5. The molecule has 3 aromatic rings. The SMILES string of the molecule is O=C(N[C@H]1CCC[C@H]1NC(=O)c1ccc2c(Cl)c[nH]c2c1)c1ccc(N2CCOCC2=O)cc1. The zero-order valence-corrected chi connectivity index (χ0v) is 19.2. The lowest BCUT2D eigenvalue weighted by Gasteiger charge is -2.27. The quantitative estimate of drug-likeness (QED) is 0.521. The van der Waals surface area contributed by atoms with Crippen molar-refractivity contribution in [3.8, 4) is 0 Å². The average molecular weight is 481 g/mol. The van der Waals surface area contributed by atoms with Gasteiger partial charge in [0, 0.05) is 52.5 Å². The average Bonchev–Trinajstić information content (AvgIpc) is 3.45. The van der Waals surface area contributed by atoms with Crippen LogP contribution in [0.5, 0.6) is 0 Å². The molecule has 2 atom stereocenters. The second-order valence-electron chi connectivity index (χ2n) is 8.63. The van der Waals surface area contributed by atoms with E-state index in [0.29, 0.717) is 29.3 Å². The van der Waals surface area contributed by atoms with Crippen molar-refractivity contribution in [3.63, 3.8) is 0 Å². The van der Waals surface area contributed by atoms with Crippen molar-refractivity contribution >= 4 is 45.9 Å². The fraction of sp³-hybridized carbons (Fsp3) is 0.320. The first-order valence-electron chi connectivity index (χ1n) is 11.4. The number of nitrogens with zero attached hydrogens (tertiary/aromatic N) is 1. The Morgan fingerprint density at radius 2 is 1.68 bits per heavy atom. The lowest BCUT2D eigenvalue weighted by atomic mass is 10.1. The smallest absolute Gasteiger partial charge is 0.253 e. The molecule has 2 fully saturated rings. The molecule has 2 aromatic carbocycles. The van der Waals surface area contributed by atoms with Gasteiger partial charge in [-0.25, -0.2) is 0 Å². The van der Waals surface area contributed by atoms with Gasteiger partial charge in [-0.05, 0) is 55.7 Å². The number of nitrogens with one attached hydrogen (secondary N) is 3. The maximum absolute atomic E-state index is 12.9. The van der Waals surface area contributed by atoms with Gasteiger partial charge in [0.25, 0.3) is 17.7 Å². The fourth-order valence-electron chi connectivity index (χ4n) is 4.62.